The van der Waals surface area contributed by atoms with Crippen molar-refractivity contribution in [3.05, 3.63) is 88.5 Å². The van der Waals surface area contributed by atoms with Crippen LogP contribution in [0.4, 0.5) is 5.69 Å². The van der Waals surface area contributed by atoms with Crippen LogP contribution in [-0.2, 0) is 0 Å². The molecule has 0 bridgehead atoms. The average molecular weight is 459 g/mol. The zero-order chi connectivity index (χ0) is 23.9. The summed E-state index contributed by atoms with van der Waals surface area (Å²) in [5, 5.41) is 18.9. The smallest absolute Gasteiger partial charge is 0.343 e. The monoisotopic (exact) mass is 459 g/mol. The molecule has 3 aromatic carbocycles. The summed E-state index contributed by atoms with van der Waals surface area (Å²) >= 11 is 0. The number of aromatic nitrogens is 2. The lowest BCUT2D eigenvalue weighted by Crippen LogP contribution is -2.08. The molecule has 0 spiro atoms. The lowest BCUT2D eigenvalue weighted by molar-refractivity contribution is -0.384. The molecule has 0 aliphatic heterocycles. The van der Waals surface area contributed by atoms with E-state index in [0.717, 1.165) is 24.2 Å². The number of nitro benzene ring substituents is 1. The zero-order valence-electron chi connectivity index (χ0n) is 18.3. The van der Waals surface area contributed by atoms with Crippen LogP contribution in [0, 0.1) is 10.1 Å². The van der Waals surface area contributed by atoms with Gasteiger partial charge in [0.15, 0.2) is 0 Å². The standard InChI is InChI=1S/C25H21N3O6/c1-2-3-16-32-21-12-8-18(9-13-21)24-27-26-23(34-24)17-4-6-19(7-5-17)25(29)33-22-14-10-20(11-15-22)28(30)31/h4-15H,2-3,16H2,1H3. The number of carbonyl (C=O) groups is 1. The Kier molecular flexibility index (Phi) is 6.92. The van der Waals surface area contributed by atoms with Gasteiger partial charge < -0.3 is 13.9 Å². The van der Waals surface area contributed by atoms with Gasteiger partial charge >= 0.3 is 5.97 Å². The van der Waals surface area contributed by atoms with Crippen molar-refractivity contribution in [1.29, 1.82) is 0 Å². The van der Waals surface area contributed by atoms with E-state index in [-0.39, 0.29) is 11.4 Å². The molecule has 9 heteroatoms. The first kappa shape index (κ1) is 22.7. The molecule has 0 radical (unpaired) electrons. The Labute approximate surface area is 195 Å². The van der Waals surface area contributed by atoms with Gasteiger partial charge in [-0.15, -0.1) is 10.2 Å². The third-order valence-electron chi connectivity index (χ3n) is 4.92. The summed E-state index contributed by atoms with van der Waals surface area (Å²) < 4.78 is 16.7. The first-order valence-electron chi connectivity index (χ1n) is 10.7. The molecule has 0 atom stereocenters. The van der Waals surface area contributed by atoms with Gasteiger partial charge in [0, 0.05) is 23.3 Å². The van der Waals surface area contributed by atoms with Crippen LogP contribution >= 0.6 is 0 Å². The molecule has 0 amide bonds. The number of esters is 1. The molecule has 0 unspecified atom stereocenters. The molecule has 0 fully saturated rings. The van der Waals surface area contributed by atoms with Crippen LogP contribution < -0.4 is 9.47 Å². The fourth-order valence-corrected chi connectivity index (χ4v) is 3.04. The number of carbonyl (C=O) groups excluding carboxylic acids is 1. The first-order valence-corrected chi connectivity index (χ1v) is 10.7. The summed E-state index contributed by atoms with van der Waals surface area (Å²) in [7, 11) is 0. The van der Waals surface area contributed by atoms with Crippen molar-refractivity contribution in [1.82, 2.24) is 10.2 Å². The maximum Gasteiger partial charge on any atom is 0.343 e. The maximum absolute atomic E-state index is 12.4. The van der Waals surface area contributed by atoms with E-state index < -0.39 is 10.9 Å². The van der Waals surface area contributed by atoms with Crippen LogP contribution in [0.2, 0.25) is 0 Å². The minimum absolute atomic E-state index is 0.0840. The van der Waals surface area contributed by atoms with Crippen LogP contribution in [0.5, 0.6) is 11.5 Å². The van der Waals surface area contributed by atoms with E-state index >= 15 is 0 Å². The number of unbranched alkanes of at least 4 members (excludes halogenated alkanes) is 1. The summed E-state index contributed by atoms with van der Waals surface area (Å²) in [6, 6.07) is 19.2. The minimum atomic E-state index is -0.590. The molecule has 0 N–H and O–H groups in total. The van der Waals surface area contributed by atoms with Crippen molar-refractivity contribution in [2.24, 2.45) is 0 Å². The Bertz CT molecular complexity index is 1270. The largest absolute Gasteiger partial charge is 0.494 e. The minimum Gasteiger partial charge on any atom is -0.494 e. The SMILES string of the molecule is CCCCOc1ccc(-c2nnc(-c3ccc(C(=O)Oc4ccc([N+](=O)[O-])cc4)cc3)o2)cc1. The third-order valence-corrected chi connectivity index (χ3v) is 4.92. The summed E-state index contributed by atoms with van der Waals surface area (Å²) in [5.41, 5.74) is 1.63. The number of nitro groups is 1. The Morgan fingerprint density at radius 2 is 1.44 bits per heavy atom. The van der Waals surface area contributed by atoms with Crippen LogP contribution in [0.1, 0.15) is 30.1 Å². The number of rotatable bonds is 9. The van der Waals surface area contributed by atoms with E-state index in [0.29, 0.717) is 29.5 Å². The van der Waals surface area contributed by atoms with Crippen LogP contribution in [0.25, 0.3) is 22.9 Å². The Balaban J connectivity index is 1.40. The Morgan fingerprint density at radius 3 is 2.00 bits per heavy atom. The van der Waals surface area contributed by atoms with Gasteiger partial charge in [-0.2, -0.15) is 0 Å². The molecule has 1 heterocycles. The fraction of sp³-hybridized carbons (Fsp3) is 0.160. The second-order valence-corrected chi connectivity index (χ2v) is 7.36. The average Bonchev–Trinajstić information content (AvgIpc) is 3.35. The van der Waals surface area contributed by atoms with E-state index in [9.17, 15) is 14.9 Å². The summed E-state index contributed by atoms with van der Waals surface area (Å²) in [6.45, 7) is 2.79. The predicted octanol–water partition coefficient (Wildman–Crippen LogP) is 5.71. The van der Waals surface area contributed by atoms with E-state index in [2.05, 4.69) is 17.1 Å². The molecule has 0 saturated carbocycles. The molecule has 0 saturated heterocycles. The number of hydrogen-bond donors (Lipinski definition) is 0. The van der Waals surface area contributed by atoms with Crippen molar-refractivity contribution < 1.29 is 23.6 Å². The molecule has 4 aromatic rings. The Morgan fingerprint density at radius 1 is 0.882 bits per heavy atom. The highest BCUT2D eigenvalue weighted by Gasteiger charge is 2.14. The maximum atomic E-state index is 12.4. The normalized spacial score (nSPS) is 10.6. The quantitative estimate of drug-likeness (QED) is 0.103. The van der Waals surface area contributed by atoms with E-state index in [1.165, 1.54) is 24.3 Å². The van der Waals surface area contributed by atoms with E-state index in [1.807, 2.05) is 24.3 Å². The van der Waals surface area contributed by atoms with Crippen molar-refractivity contribution in [3.63, 3.8) is 0 Å². The van der Waals surface area contributed by atoms with Crippen molar-refractivity contribution in [2.45, 2.75) is 19.8 Å². The molecule has 1 aromatic heterocycles. The number of non-ortho nitro benzene ring substituents is 1. The summed E-state index contributed by atoms with van der Waals surface area (Å²) in [5.74, 6) is 1.09. The van der Waals surface area contributed by atoms with Gasteiger partial charge in [-0.3, -0.25) is 10.1 Å². The lowest BCUT2D eigenvalue weighted by atomic mass is 10.1. The van der Waals surface area contributed by atoms with Gasteiger partial charge in [-0.25, -0.2) is 4.79 Å². The lowest BCUT2D eigenvalue weighted by Gasteiger charge is -2.05. The zero-order valence-corrected chi connectivity index (χ0v) is 18.3. The van der Waals surface area contributed by atoms with Crippen molar-refractivity contribution >= 4 is 11.7 Å². The topological polar surface area (TPSA) is 118 Å². The molecule has 34 heavy (non-hydrogen) atoms. The second-order valence-electron chi connectivity index (χ2n) is 7.36. The van der Waals surface area contributed by atoms with Crippen LogP contribution in [0.15, 0.2) is 77.2 Å². The highest BCUT2D eigenvalue weighted by molar-refractivity contribution is 5.91. The van der Waals surface area contributed by atoms with E-state index in [1.54, 1.807) is 24.3 Å². The van der Waals surface area contributed by atoms with Gasteiger partial charge in [0.05, 0.1) is 17.1 Å². The summed E-state index contributed by atoms with van der Waals surface area (Å²) in [4.78, 5) is 22.6. The van der Waals surface area contributed by atoms with Gasteiger partial charge in [-0.1, -0.05) is 13.3 Å². The van der Waals surface area contributed by atoms with Gasteiger partial charge in [0.2, 0.25) is 11.8 Å². The highest BCUT2D eigenvalue weighted by atomic mass is 16.6. The van der Waals surface area contributed by atoms with Gasteiger partial charge in [0.25, 0.3) is 5.69 Å². The second kappa shape index (κ2) is 10.4. The van der Waals surface area contributed by atoms with Crippen LogP contribution in [0.3, 0.4) is 0 Å². The predicted molar refractivity (Wildman–Crippen MR) is 124 cm³/mol. The van der Waals surface area contributed by atoms with Gasteiger partial charge in [0.1, 0.15) is 11.5 Å². The van der Waals surface area contributed by atoms with Gasteiger partial charge in [-0.05, 0) is 67.1 Å². The molecular formula is C25H21N3O6. The Hall–Kier alpha value is -4.53. The molecule has 172 valence electrons. The third kappa shape index (κ3) is 5.44. The molecule has 0 aliphatic rings. The fourth-order valence-electron chi connectivity index (χ4n) is 3.04. The van der Waals surface area contributed by atoms with E-state index in [4.69, 9.17) is 13.9 Å². The molecular weight excluding hydrogens is 438 g/mol. The highest BCUT2D eigenvalue weighted by Crippen LogP contribution is 2.26. The number of benzene rings is 3. The number of nitrogens with zero attached hydrogens (tertiary/aromatic N) is 3. The molecule has 4 rings (SSSR count). The summed E-state index contributed by atoms with van der Waals surface area (Å²) in [6.07, 6.45) is 2.08. The van der Waals surface area contributed by atoms with Crippen molar-refractivity contribution in [3.8, 4) is 34.4 Å². The molecule has 9 nitrogen and oxygen atoms in total. The van der Waals surface area contributed by atoms with Crippen LogP contribution in [-0.4, -0.2) is 27.7 Å². The number of ether oxygens (including phenoxy) is 2. The van der Waals surface area contributed by atoms with Crippen molar-refractivity contribution in [2.75, 3.05) is 6.61 Å². The first-order chi connectivity index (χ1) is 16.5. The number of hydrogen-bond acceptors (Lipinski definition) is 8. The molecule has 0 aliphatic carbocycles.